The number of nitro benzene ring substituents is 1. The van der Waals surface area contributed by atoms with Crippen LogP contribution in [-0.2, 0) is 9.53 Å². The molecule has 0 bridgehead atoms. The first-order chi connectivity index (χ1) is 9.54. The lowest BCUT2D eigenvalue weighted by Gasteiger charge is -2.24. The number of nitro groups is 1. The summed E-state index contributed by atoms with van der Waals surface area (Å²) in [6.07, 6.45) is -0.336. The van der Waals surface area contributed by atoms with Crippen LogP contribution in [0.15, 0.2) is 18.2 Å². The van der Waals surface area contributed by atoms with Gasteiger partial charge >= 0.3 is 0 Å². The summed E-state index contributed by atoms with van der Waals surface area (Å²) in [4.78, 5) is 24.0. The van der Waals surface area contributed by atoms with Crippen molar-refractivity contribution in [3.8, 4) is 0 Å². The molecule has 20 heavy (non-hydrogen) atoms. The van der Waals surface area contributed by atoms with Crippen molar-refractivity contribution in [2.45, 2.75) is 13.1 Å². The first-order valence-corrected chi connectivity index (χ1v) is 6.31. The Morgan fingerprint density at radius 3 is 2.95 bits per heavy atom. The van der Waals surface area contributed by atoms with E-state index in [1.807, 2.05) is 0 Å². The van der Waals surface area contributed by atoms with Crippen LogP contribution in [0.5, 0.6) is 0 Å². The highest BCUT2D eigenvalue weighted by Crippen LogP contribution is 2.27. The van der Waals surface area contributed by atoms with Gasteiger partial charge in [-0.05, 0) is 12.5 Å². The third-order valence-corrected chi connectivity index (χ3v) is 3.36. The molecule has 1 heterocycles. The molecule has 7 nitrogen and oxygen atoms in total. The molecule has 1 fully saturated rings. The lowest BCUT2D eigenvalue weighted by molar-refractivity contribution is -0.385. The lowest BCUT2D eigenvalue weighted by Crippen LogP contribution is -2.33. The zero-order chi connectivity index (χ0) is 14.7. The summed E-state index contributed by atoms with van der Waals surface area (Å²) in [7, 11) is 1.57. The van der Waals surface area contributed by atoms with Crippen LogP contribution in [0.2, 0.25) is 0 Å². The number of nitrogens with one attached hydrogen (secondary N) is 1. The van der Waals surface area contributed by atoms with E-state index in [1.165, 1.54) is 6.07 Å². The summed E-state index contributed by atoms with van der Waals surface area (Å²) < 4.78 is 4.99. The van der Waals surface area contributed by atoms with Gasteiger partial charge < -0.3 is 9.64 Å². The molecule has 1 N–H and O–H groups in total. The number of rotatable bonds is 5. The van der Waals surface area contributed by atoms with Gasteiger partial charge in [-0.15, -0.1) is 0 Å². The Bertz CT molecular complexity index is 532. The second kappa shape index (κ2) is 5.98. The van der Waals surface area contributed by atoms with Crippen molar-refractivity contribution in [2.75, 3.05) is 26.8 Å². The van der Waals surface area contributed by atoms with Gasteiger partial charge in [-0.25, -0.2) is 0 Å². The molecule has 1 saturated heterocycles. The maximum absolute atomic E-state index is 11.8. The SMILES string of the molecule is COCCN1C(=O)CNC1c1ccc(C)c([N+](=O)[O-])c1. The fourth-order valence-electron chi connectivity index (χ4n) is 2.27. The minimum absolute atomic E-state index is 0.0321. The van der Waals surface area contributed by atoms with Crippen LogP contribution in [0.3, 0.4) is 0 Å². The number of benzene rings is 1. The highest BCUT2D eigenvalue weighted by atomic mass is 16.6. The smallest absolute Gasteiger partial charge is 0.272 e. The molecule has 0 spiro atoms. The number of amides is 1. The van der Waals surface area contributed by atoms with E-state index in [-0.39, 0.29) is 24.3 Å². The molecule has 1 unspecified atom stereocenters. The van der Waals surface area contributed by atoms with Crippen LogP contribution >= 0.6 is 0 Å². The summed E-state index contributed by atoms with van der Waals surface area (Å²) in [6, 6.07) is 5.02. The number of aryl methyl sites for hydroxylation is 1. The van der Waals surface area contributed by atoms with Crippen LogP contribution < -0.4 is 5.32 Å². The van der Waals surface area contributed by atoms with Crippen molar-refractivity contribution in [3.63, 3.8) is 0 Å². The number of hydrogen-bond acceptors (Lipinski definition) is 5. The zero-order valence-corrected chi connectivity index (χ0v) is 11.5. The normalized spacial score (nSPS) is 18.6. The largest absolute Gasteiger partial charge is 0.383 e. The Labute approximate surface area is 116 Å². The minimum atomic E-state index is -0.408. The number of carbonyl (C=O) groups excluding carboxylic acids is 1. The van der Waals surface area contributed by atoms with E-state index in [2.05, 4.69) is 5.32 Å². The average Bonchev–Trinajstić information content (AvgIpc) is 2.78. The molecule has 1 atom stereocenters. The number of ether oxygens (including phenoxy) is 1. The molecule has 2 rings (SSSR count). The van der Waals surface area contributed by atoms with E-state index in [1.54, 1.807) is 31.1 Å². The van der Waals surface area contributed by atoms with Gasteiger partial charge in [0.05, 0.1) is 18.1 Å². The Morgan fingerprint density at radius 2 is 2.30 bits per heavy atom. The van der Waals surface area contributed by atoms with Gasteiger partial charge in [-0.2, -0.15) is 0 Å². The summed E-state index contributed by atoms with van der Waals surface area (Å²) >= 11 is 0. The molecule has 7 heteroatoms. The molecule has 1 aliphatic rings. The van der Waals surface area contributed by atoms with Gasteiger partial charge in [0.1, 0.15) is 6.17 Å². The molecule has 1 amide bonds. The Balaban J connectivity index is 2.28. The highest BCUT2D eigenvalue weighted by Gasteiger charge is 2.32. The maximum atomic E-state index is 11.8. The number of hydrogen-bond donors (Lipinski definition) is 1. The van der Waals surface area contributed by atoms with E-state index < -0.39 is 4.92 Å². The zero-order valence-electron chi connectivity index (χ0n) is 11.5. The van der Waals surface area contributed by atoms with Crippen LogP contribution in [0.25, 0.3) is 0 Å². The summed E-state index contributed by atoms with van der Waals surface area (Å²) in [5, 5.41) is 14.1. The predicted octanol–water partition coefficient (Wildman–Crippen LogP) is 0.980. The highest BCUT2D eigenvalue weighted by molar-refractivity contribution is 5.81. The Kier molecular flexibility index (Phi) is 4.31. The monoisotopic (exact) mass is 279 g/mol. The van der Waals surface area contributed by atoms with Gasteiger partial charge in [-0.1, -0.05) is 12.1 Å². The molecule has 1 aliphatic heterocycles. The standard InChI is InChI=1S/C13H17N3O4/c1-9-3-4-10(7-11(9)16(18)19)13-14-8-12(17)15(13)5-6-20-2/h3-4,7,13-14H,5-6,8H2,1-2H3. The number of methoxy groups -OCH3 is 1. The molecule has 1 aromatic rings. The van der Waals surface area contributed by atoms with E-state index in [0.717, 1.165) is 0 Å². The van der Waals surface area contributed by atoms with Crippen LogP contribution in [0.1, 0.15) is 17.3 Å². The van der Waals surface area contributed by atoms with Crippen molar-refractivity contribution in [1.82, 2.24) is 10.2 Å². The van der Waals surface area contributed by atoms with Crippen molar-refractivity contribution in [3.05, 3.63) is 39.4 Å². The van der Waals surface area contributed by atoms with E-state index in [9.17, 15) is 14.9 Å². The minimum Gasteiger partial charge on any atom is -0.383 e. The van der Waals surface area contributed by atoms with Crippen molar-refractivity contribution >= 4 is 11.6 Å². The van der Waals surface area contributed by atoms with Gasteiger partial charge in [0.2, 0.25) is 5.91 Å². The third-order valence-electron chi connectivity index (χ3n) is 3.36. The number of carbonyl (C=O) groups is 1. The summed E-state index contributed by atoms with van der Waals surface area (Å²) in [6.45, 7) is 2.81. The van der Waals surface area contributed by atoms with E-state index in [0.29, 0.717) is 24.3 Å². The molecular weight excluding hydrogens is 262 g/mol. The topological polar surface area (TPSA) is 84.7 Å². The molecule has 0 aromatic heterocycles. The number of nitrogens with zero attached hydrogens (tertiary/aromatic N) is 2. The fraction of sp³-hybridized carbons (Fsp3) is 0.462. The molecule has 108 valence electrons. The fourth-order valence-corrected chi connectivity index (χ4v) is 2.27. The second-order valence-corrected chi connectivity index (χ2v) is 4.67. The Hall–Kier alpha value is -1.99. The maximum Gasteiger partial charge on any atom is 0.272 e. The van der Waals surface area contributed by atoms with Crippen molar-refractivity contribution in [2.24, 2.45) is 0 Å². The first-order valence-electron chi connectivity index (χ1n) is 6.31. The van der Waals surface area contributed by atoms with E-state index >= 15 is 0 Å². The molecular formula is C13H17N3O4. The van der Waals surface area contributed by atoms with Crippen LogP contribution in [-0.4, -0.2) is 42.5 Å². The molecule has 0 aliphatic carbocycles. The van der Waals surface area contributed by atoms with Crippen LogP contribution in [0, 0.1) is 17.0 Å². The summed E-state index contributed by atoms with van der Waals surface area (Å²) in [5.74, 6) is -0.0321. The van der Waals surface area contributed by atoms with Gasteiger partial charge in [0, 0.05) is 25.3 Å². The Morgan fingerprint density at radius 1 is 1.55 bits per heavy atom. The van der Waals surface area contributed by atoms with Gasteiger partial charge in [0.25, 0.3) is 5.69 Å². The van der Waals surface area contributed by atoms with E-state index in [4.69, 9.17) is 4.74 Å². The predicted molar refractivity (Wildman–Crippen MR) is 72.2 cm³/mol. The van der Waals surface area contributed by atoms with Gasteiger partial charge in [0.15, 0.2) is 0 Å². The van der Waals surface area contributed by atoms with Crippen molar-refractivity contribution < 1.29 is 14.5 Å². The molecule has 1 aromatic carbocycles. The molecule has 0 saturated carbocycles. The van der Waals surface area contributed by atoms with Gasteiger partial charge in [-0.3, -0.25) is 20.2 Å². The lowest BCUT2D eigenvalue weighted by atomic mass is 10.1. The summed E-state index contributed by atoms with van der Waals surface area (Å²) in [5.41, 5.74) is 1.38. The average molecular weight is 279 g/mol. The molecule has 0 radical (unpaired) electrons. The van der Waals surface area contributed by atoms with Crippen LogP contribution in [0.4, 0.5) is 5.69 Å². The third kappa shape index (κ3) is 2.78. The first kappa shape index (κ1) is 14.4. The van der Waals surface area contributed by atoms with Crippen molar-refractivity contribution in [1.29, 1.82) is 0 Å². The second-order valence-electron chi connectivity index (χ2n) is 4.67. The quantitative estimate of drug-likeness (QED) is 0.641.